The molecule has 6 nitrogen and oxygen atoms in total. The maximum atomic E-state index is 11.4. The average Bonchev–Trinajstić information content (AvgIpc) is 2.40. The summed E-state index contributed by atoms with van der Waals surface area (Å²) in [5.41, 5.74) is -0.577. The molecule has 1 N–H and O–H groups in total. The quantitative estimate of drug-likeness (QED) is 0.571. The Morgan fingerprint density at radius 3 is 2.25 bits per heavy atom. The van der Waals surface area contributed by atoms with E-state index in [0.717, 1.165) is 0 Å². The molecule has 2 aliphatic rings. The van der Waals surface area contributed by atoms with E-state index in [0.29, 0.717) is 6.42 Å². The van der Waals surface area contributed by atoms with Gasteiger partial charge >= 0.3 is 0 Å². The van der Waals surface area contributed by atoms with Crippen molar-refractivity contribution >= 4 is 21.7 Å². The summed E-state index contributed by atoms with van der Waals surface area (Å²) < 4.78 is 22.9. The van der Waals surface area contributed by atoms with Gasteiger partial charge in [-0.25, -0.2) is 8.42 Å². The van der Waals surface area contributed by atoms with Gasteiger partial charge in [0.05, 0.1) is 24.6 Å². The zero-order valence-electron chi connectivity index (χ0n) is 9.02. The number of carbonyl (C=O) groups excluding carboxylic acids is 2. The van der Waals surface area contributed by atoms with Gasteiger partial charge in [-0.2, -0.15) is 0 Å². The molecule has 1 atom stereocenters. The van der Waals surface area contributed by atoms with Crippen LogP contribution in [0.5, 0.6) is 0 Å². The van der Waals surface area contributed by atoms with Gasteiger partial charge in [0.2, 0.25) is 11.8 Å². The molecule has 2 amide bonds. The fraction of sp³-hybridized carbons (Fsp3) is 0.778. The third-order valence-electron chi connectivity index (χ3n) is 3.19. The van der Waals surface area contributed by atoms with Crippen LogP contribution in [0.4, 0.5) is 0 Å². The van der Waals surface area contributed by atoms with Gasteiger partial charge in [-0.05, 0) is 13.3 Å². The minimum absolute atomic E-state index is 0.0283. The number of carbonyl (C=O) groups is 2. The van der Waals surface area contributed by atoms with Crippen molar-refractivity contribution in [3.63, 3.8) is 0 Å². The molecular weight excluding hydrogens is 232 g/mol. The van der Waals surface area contributed by atoms with Gasteiger partial charge in [0.25, 0.3) is 0 Å². The topological polar surface area (TPSA) is 83.6 Å². The summed E-state index contributed by atoms with van der Waals surface area (Å²) in [6.45, 7) is 1.99. The van der Waals surface area contributed by atoms with E-state index >= 15 is 0 Å². The molecule has 0 spiro atoms. The van der Waals surface area contributed by atoms with Crippen molar-refractivity contribution in [2.45, 2.75) is 18.9 Å². The van der Waals surface area contributed by atoms with Crippen molar-refractivity contribution in [3.05, 3.63) is 0 Å². The highest BCUT2D eigenvalue weighted by atomic mass is 32.2. The molecular formula is C9H14N2O4S. The zero-order chi connectivity index (χ0) is 12.0. The number of nitrogens with zero attached hydrogens (tertiary/aromatic N) is 1. The average molecular weight is 246 g/mol. The van der Waals surface area contributed by atoms with Gasteiger partial charge in [0.15, 0.2) is 9.84 Å². The fourth-order valence-electron chi connectivity index (χ4n) is 2.26. The van der Waals surface area contributed by atoms with Gasteiger partial charge in [-0.1, -0.05) is 0 Å². The first kappa shape index (κ1) is 11.5. The molecule has 0 aromatic carbocycles. The van der Waals surface area contributed by atoms with E-state index in [4.69, 9.17) is 0 Å². The van der Waals surface area contributed by atoms with Crippen LogP contribution in [0.1, 0.15) is 13.3 Å². The second-order valence-electron chi connectivity index (χ2n) is 4.67. The summed E-state index contributed by atoms with van der Waals surface area (Å²) in [5, 5.41) is 2.20. The van der Waals surface area contributed by atoms with Gasteiger partial charge in [0.1, 0.15) is 0 Å². The number of hydrogen-bond donors (Lipinski definition) is 1. The largest absolute Gasteiger partial charge is 0.294 e. The van der Waals surface area contributed by atoms with E-state index in [9.17, 15) is 18.0 Å². The first-order valence-electron chi connectivity index (χ1n) is 5.09. The zero-order valence-corrected chi connectivity index (χ0v) is 9.84. The summed E-state index contributed by atoms with van der Waals surface area (Å²) in [4.78, 5) is 24.1. The minimum Gasteiger partial charge on any atom is -0.294 e. The maximum absolute atomic E-state index is 11.4. The van der Waals surface area contributed by atoms with Crippen LogP contribution < -0.4 is 5.32 Å². The third kappa shape index (κ3) is 2.10. The van der Waals surface area contributed by atoms with E-state index < -0.39 is 15.4 Å². The Kier molecular flexibility index (Phi) is 2.54. The molecule has 16 heavy (non-hydrogen) atoms. The van der Waals surface area contributed by atoms with Gasteiger partial charge < -0.3 is 0 Å². The Morgan fingerprint density at radius 2 is 1.81 bits per heavy atom. The standard InChI is InChI=1S/C9H14N2O4S/c1-9(2-3-16(14,15)6-9)11-4-7(12)10-8(13)5-11/h2-6H2,1H3,(H,10,12,13). The third-order valence-corrected chi connectivity index (χ3v) is 5.08. The van der Waals surface area contributed by atoms with Gasteiger partial charge in [-0.3, -0.25) is 19.8 Å². The molecule has 1 unspecified atom stereocenters. The number of rotatable bonds is 1. The van der Waals surface area contributed by atoms with Crippen LogP contribution in [0.15, 0.2) is 0 Å². The molecule has 0 aromatic rings. The van der Waals surface area contributed by atoms with Crippen LogP contribution in [0, 0.1) is 0 Å². The lowest BCUT2D eigenvalue weighted by Gasteiger charge is -2.38. The number of amides is 2. The Balaban J connectivity index is 2.18. The normalized spacial score (nSPS) is 35.1. The van der Waals surface area contributed by atoms with Crippen LogP contribution in [-0.4, -0.2) is 55.3 Å². The lowest BCUT2D eigenvalue weighted by Crippen LogP contribution is -2.59. The highest BCUT2D eigenvalue weighted by molar-refractivity contribution is 7.91. The van der Waals surface area contributed by atoms with Crippen molar-refractivity contribution < 1.29 is 18.0 Å². The predicted octanol–water partition coefficient (Wildman–Crippen LogP) is -1.48. The van der Waals surface area contributed by atoms with Crippen LogP contribution in [-0.2, 0) is 19.4 Å². The van der Waals surface area contributed by atoms with Crippen molar-refractivity contribution in [1.29, 1.82) is 0 Å². The summed E-state index contributed by atoms with van der Waals surface area (Å²) >= 11 is 0. The molecule has 0 saturated carbocycles. The predicted molar refractivity (Wildman–Crippen MR) is 56.4 cm³/mol. The van der Waals surface area contributed by atoms with Crippen molar-refractivity contribution in [2.75, 3.05) is 24.6 Å². The smallest absolute Gasteiger partial charge is 0.240 e. The molecule has 2 rings (SSSR count). The number of piperazine rings is 1. The van der Waals surface area contributed by atoms with Gasteiger partial charge in [0, 0.05) is 5.54 Å². The van der Waals surface area contributed by atoms with E-state index in [2.05, 4.69) is 5.32 Å². The highest BCUT2D eigenvalue weighted by Crippen LogP contribution is 2.29. The van der Waals surface area contributed by atoms with E-state index in [-0.39, 0.29) is 36.4 Å². The molecule has 2 saturated heterocycles. The highest BCUT2D eigenvalue weighted by Gasteiger charge is 2.45. The van der Waals surface area contributed by atoms with Crippen molar-refractivity contribution in [2.24, 2.45) is 0 Å². The lowest BCUT2D eigenvalue weighted by molar-refractivity contribution is -0.138. The minimum atomic E-state index is -3.02. The van der Waals surface area contributed by atoms with Crippen molar-refractivity contribution in [1.82, 2.24) is 10.2 Å². The van der Waals surface area contributed by atoms with Gasteiger partial charge in [-0.15, -0.1) is 0 Å². The van der Waals surface area contributed by atoms with E-state index in [1.54, 1.807) is 11.8 Å². The Labute approximate surface area is 93.9 Å². The van der Waals surface area contributed by atoms with Crippen LogP contribution >= 0.6 is 0 Å². The second-order valence-corrected chi connectivity index (χ2v) is 6.85. The molecule has 0 bridgehead atoms. The second kappa shape index (κ2) is 3.53. The summed E-state index contributed by atoms with van der Waals surface area (Å²) in [6, 6.07) is 0. The van der Waals surface area contributed by atoms with Crippen LogP contribution in [0.25, 0.3) is 0 Å². The van der Waals surface area contributed by atoms with Crippen LogP contribution in [0.2, 0.25) is 0 Å². The monoisotopic (exact) mass is 246 g/mol. The summed E-state index contributed by atoms with van der Waals surface area (Å²) in [6.07, 6.45) is 0.482. The van der Waals surface area contributed by atoms with E-state index in [1.807, 2.05) is 0 Å². The first-order chi connectivity index (χ1) is 7.31. The molecule has 90 valence electrons. The Morgan fingerprint density at radius 1 is 1.25 bits per heavy atom. The number of nitrogens with one attached hydrogen (secondary N) is 1. The molecule has 2 fully saturated rings. The molecule has 0 aromatic heterocycles. The van der Waals surface area contributed by atoms with Crippen molar-refractivity contribution in [3.8, 4) is 0 Å². The summed E-state index contributed by atoms with van der Waals surface area (Å²) in [5.74, 6) is -0.556. The Bertz CT molecular complexity index is 428. The number of imide groups is 1. The number of hydrogen-bond acceptors (Lipinski definition) is 5. The fourth-order valence-corrected chi connectivity index (χ4v) is 4.43. The Hall–Kier alpha value is -0.950. The lowest BCUT2D eigenvalue weighted by atomic mass is 9.98. The first-order valence-corrected chi connectivity index (χ1v) is 6.91. The summed E-state index contributed by atoms with van der Waals surface area (Å²) in [7, 11) is -3.02. The molecule has 0 radical (unpaired) electrons. The molecule has 7 heteroatoms. The van der Waals surface area contributed by atoms with Crippen LogP contribution in [0.3, 0.4) is 0 Å². The molecule has 2 heterocycles. The number of sulfone groups is 1. The SMILES string of the molecule is CC1(N2CC(=O)NC(=O)C2)CCS(=O)(=O)C1. The maximum Gasteiger partial charge on any atom is 0.240 e. The molecule has 2 aliphatic heterocycles. The van der Waals surface area contributed by atoms with E-state index in [1.165, 1.54) is 0 Å². The molecule has 0 aliphatic carbocycles.